The molecule has 0 saturated carbocycles. The third-order valence-electron chi connectivity index (χ3n) is 4.70. The maximum atomic E-state index is 12.9. The lowest BCUT2D eigenvalue weighted by molar-refractivity contribution is -0.384. The van der Waals surface area contributed by atoms with Gasteiger partial charge in [0.05, 0.1) is 17.0 Å². The van der Waals surface area contributed by atoms with E-state index in [4.69, 9.17) is 0 Å². The molecule has 5 heteroatoms. The number of benzene rings is 3. The first-order valence-electron chi connectivity index (χ1n) is 8.18. The molecule has 1 amide bonds. The number of anilines is 1. The van der Waals surface area contributed by atoms with Crippen LogP contribution in [0.25, 0.3) is 10.8 Å². The van der Waals surface area contributed by atoms with Crippen molar-refractivity contribution < 1.29 is 9.72 Å². The lowest BCUT2D eigenvalue weighted by atomic mass is 10.0. The Morgan fingerprint density at radius 2 is 1.88 bits per heavy atom. The third kappa shape index (κ3) is 2.74. The second kappa shape index (κ2) is 6.02. The standard InChI is InChI=1S/C20H16N2O3/c23-20(12-16-6-3-5-14-4-1-2-7-18(14)16)21-11-10-15-8-9-17(22(24)25)13-19(15)21/h1-9,13H,10-12H2. The molecule has 25 heavy (non-hydrogen) atoms. The zero-order valence-corrected chi connectivity index (χ0v) is 13.5. The Balaban J connectivity index is 1.65. The van der Waals surface area contributed by atoms with Gasteiger partial charge in [0, 0.05) is 18.7 Å². The Labute approximate surface area is 144 Å². The first-order chi connectivity index (χ1) is 12.1. The largest absolute Gasteiger partial charge is 0.311 e. The van der Waals surface area contributed by atoms with Crippen LogP contribution in [0.2, 0.25) is 0 Å². The molecule has 0 aliphatic carbocycles. The Kier molecular flexibility index (Phi) is 3.69. The summed E-state index contributed by atoms with van der Waals surface area (Å²) in [5.41, 5.74) is 2.64. The van der Waals surface area contributed by atoms with E-state index in [1.165, 1.54) is 12.1 Å². The number of non-ortho nitro benzene ring substituents is 1. The van der Waals surface area contributed by atoms with Crippen molar-refractivity contribution in [3.05, 3.63) is 81.9 Å². The maximum Gasteiger partial charge on any atom is 0.271 e. The SMILES string of the molecule is O=C(Cc1cccc2ccccc12)N1CCc2ccc([N+](=O)[O-])cc21. The van der Waals surface area contributed by atoms with Crippen molar-refractivity contribution in [1.29, 1.82) is 0 Å². The van der Waals surface area contributed by atoms with Gasteiger partial charge in [-0.3, -0.25) is 14.9 Å². The highest BCUT2D eigenvalue weighted by molar-refractivity contribution is 5.99. The average molecular weight is 332 g/mol. The van der Waals surface area contributed by atoms with Gasteiger partial charge in [-0.1, -0.05) is 48.5 Å². The van der Waals surface area contributed by atoms with Crippen LogP contribution >= 0.6 is 0 Å². The molecule has 1 aliphatic rings. The molecule has 1 aliphatic heterocycles. The summed E-state index contributed by atoms with van der Waals surface area (Å²) in [4.78, 5) is 25.1. The van der Waals surface area contributed by atoms with Crippen LogP contribution in [0.5, 0.6) is 0 Å². The van der Waals surface area contributed by atoms with E-state index in [0.717, 1.165) is 28.3 Å². The van der Waals surface area contributed by atoms with Crippen molar-refractivity contribution in [1.82, 2.24) is 0 Å². The van der Waals surface area contributed by atoms with E-state index in [1.54, 1.807) is 11.0 Å². The predicted molar refractivity (Wildman–Crippen MR) is 96.8 cm³/mol. The second-order valence-electron chi connectivity index (χ2n) is 6.18. The Hall–Kier alpha value is -3.21. The summed E-state index contributed by atoms with van der Waals surface area (Å²) >= 11 is 0. The molecule has 0 fully saturated rings. The minimum atomic E-state index is -0.425. The monoisotopic (exact) mass is 332 g/mol. The second-order valence-corrected chi connectivity index (χ2v) is 6.18. The van der Waals surface area contributed by atoms with E-state index < -0.39 is 4.92 Å². The van der Waals surface area contributed by atoms with Crippen LogP contribution in [0.15, 0.2) is 60.7 Å². The molecule has 1 heterocycles. The normalized spacial score (nSPS) is 13.0. The third-order valence-corrected chi connectivity index (χ3v) is 4.70. The first kappa shape index (κ1) is 15.3. The molecule has 124 valence electrons. The molecule has 3 aromatic rings. The zero-order valence-electron chi connectivity index (χ0n) is 13.5. The molecule has 0 unspecified atom stereocenters. The van der Waals surface area contributed by atoms with E-state index in [0.29, 0.717) is 12.2 Å². The quantitative estimate of drug-likeness (QED) is 0.540. The molecule has 0 atom stereocenters. The molecule has 0 radical (unpaired) electrons. The lowest BCUT2D eigenvalue weighted by Crippen LogP contribution is -2.30. The number of hydrogen-bond donors (Lipinski definition) is 0. The van der Waals surface area contributed by atoms with Gasteiger partial charge in [-0.2, -0.15) is 0 Å². The van der Waals surface area contributed by atoms with E-state index in [-0.39, 0.29) is 18.0 Å². The van der Waals surface area contributed by atoms with Crippen LogP contribution in [0.3, 0.4) is 0 Å². The van der Waals surface area contributed by atoms with Crippen LogP contribution in [-0.2, 0) is 17.6 Å². The summed E-state index contributed by atoms with van der Waals surface area (Å²) in [7, 11) is 0. The van der Waals surface area contributed by atoms with Crippen molar-refractivity contribution in [2.45, 2.75) is 12.8 Å². The van der Waals surface area contributed by atoms with Crippen molar-refractivity contribution >= 4 is 28.1 Å². The van der Waals surface area contributed by atoms with Crippen molar-refractivity contribution in [3.8, 4) is 0 Å². The summed E-state index contributed by atoms with van der Waals surface area (Å²) in [6.07, 6.45) is 1.01. The van der Waals surface area contributed by atoms with Gasteiger partial charge in [0.2, 0.25) is 5.91 Å². The van der Waals surface area contributed by atoms with Crippen LogP contribution in [0.4, 0.5) is 11.4 Å². The van der Waals surface area contributed by atoms with Gasteiger partial charge < -0.3 is 4.90 Å². The Morgan fingerprint density at radius 1 is 1.08 bits per heavy atom. The van der Waals surface area contributed by atoms with Crippen LogP contribution < -0.4 is 4.90 Å². The molecule has 0 aromatic heterocycles. The van der Waals surface area contributed by atoms with Crippen LogP contribution in [-0.4, -0.2) is 17.4 Å². The number of nitro groups is 1. The fraction of sp³-hybridized carbons (Fsp3) is 0.150. The highest BCUT2D eigenvalue weighted by Crippen LogP contribution is 2.32. The number of fused-ring (bicyclic) bond motifs is 2. The number of hydrogen-bond acceptors (Lipinski definition) is 3. The molecular formula is C20H16N2O3. The zero-order chi connectivity index (χ0) is 17.4. The first-order valence-corrected chi connectivity index (χ1v) is 8.18. The highest BCUT2D eigenvalue weighted by atomic mass is 16.6. The minimum absolute atomic E-state index is 0.0172. The number of carbonyl (C=O) groups is 1. The van der Waals surface area contributed by atoms with Crippen molar-refractivity contribution in [2.75, 3.05) is 11.4 Å². The van der Waals surface area contributed by atoms with Gasteiger partial charge in [-0.15, -0.1) is 0 Å². The minimum Gasteiger partial charge on any atom is -0.311 e. The van der Waals surface area contributed by atoms with Crippen molar-refractivity contribution in [3.63, 3.8) is 0 Å². The molecule has 5 nitrogen and oxygen atoms in total. The number of carbonyl (C=O) groups excluding carboxylic acids is 1. The number of amides is 1. The number of nitro benzene ring substituents is 1. The van der Waals surface area contributed by atoms with Gasteiger partial charge in [0.25, 0.3) is 5.69 Å². The van der Waals surface area contributed by atoms with E-state index >= 15 is 0 Å². The fourth-order valence-electron chi connectivity index (χ4n) is 3.45. The lowest BCUT2D eigenvalue weighted by Gasteiger charge is -2.18. The van der Waals surface area contributed by atoms with Crippen LogP contribution in [0, 0.1) is 10.1 Å². The van der Waals surface area contributed by atoms with E-state index in [1.807, 2.05) is 42.5 Å². The van der Waals surface area contributed by atoms with Gasteiger partial charge in [-0.05, 0) is 28.3 Å². The molecule has 3 aromatic carbocycles. The van der Waals surface area contributed by atoms with Crippen LogP contribution in [0.1, 0.15) is 11.1 Å². The molecule has 0 bridgehead atoms. The smallest absolute Gasteiger partial charge is 0.271 e. The summed E-state index contributed by atoms with van der Waals surface area (Å²) < 4.78 is 0. The topological polar surface area (TPSA) is 63.5 Å². The highest BCUT2D eigenvalue weighted by Gasteiger charge is 2.26. The summed E-state index contributed by atoms with van der Waals surface area (Å²) in [6, 6.07) is 18.7. The summed E-state index contributed by atoms with van der Waals surface area (Å²) in [6.45, 7) is 0.570. The van der Waals surface area contributed by atoms with Gasteiger partial charge >= 0.3 is 0 Å². The van der Waals surface area contributed by atoms with Crippen molar-refractivity contribution in [2.24, 2.45) is 0 Å². The predicted octanol–water partition coefficient (Wildman–Crippen LogP) is 3.88. The fourth-order valence-corrected chi connectivity index (χ4v) is 3.45. The van der Waals surface area contributed by atoms with Gasteiger partial charge in [0.15, 0.2) is 0 Å². The Morgan fingerprint density at radius 3 is 2.72 bits per heavy atom. The summed E-state index contributed by atoms with van der Waals surface area (Å²) in [5, 5.41) is 13.2. The van der Waals surface area contributed by atoms with Gasteiger partial charge in [-0.25, -0.2) is 0 Å². The average Bonchev–Trinajstić information content (AvgIpc) is 3.05. The molecule has 4 rings (SSSR count). The maximum absolute atomic E-state index is 12.9. The molecule has 0 spiro atoms. The number of rotatable bonds is 3. The Bertz CT molecular complexity index is 992. The van der Waals surface area contributed by atoms with E-state index in [9.17, 15) is 14.9 Å². The van der Waals surface area contributed by atoms with Gasteiger partial charge in [0.1, 0.15) is 0 Å². The summed E-state index contributed by atoms with van der Waals surface area (Å²) in [5.74, 6) is -0.0319. The van der Waals surface area contributed by atoms with E-state index in [2.05, 4.69) is 0 Å². The molecule has 0 saturated heterocycles. The molecular weight excluding hydrogens is 316 g/mol. The molecule has 0 N–H and O–H groups in total. The number of nitrogens with zero attached hydrogens (tertiary/aromatic N) is 2.